The Labute approximate surface area is 180 Å². The van der Waals surface area contributed by atoms with Crippen LogP contribution in [0.15, 0.2) is 53.1 Å². The topological polar surface area (TPSA) is 74.6 Å². The lowest BCUT2D eigenvalue weighted by Crippen LogP contribution is -2.23. The van der Waals surface area contributed by atoms with Crippen molar-refractivity contribution in [3.8, 4) is 0 Å². The third-order valence-corrected chi connectivity index (χ3v) is 6.03. The van der Waals surface area contributed by atoms with Gasteiger partial charge in [-0.05, 0) is 54.9 Å². The smallest absolute Gasteiger partial charge is 0.291 e. The van der Waals surface area contributed by atoms with Crippen LogP contribution in [0.1, 0.15) is 50.8 Å². The first-order valence-electron chi connectivity index (χ1n) is 10.0. The summed E-state index contributed by atoms with van der Waals surface area (Å²) in [6.07, 6.45) is 1.45. The Bertz CT molecular complexity index is 974. The normalized spacial score (nSPS) is 10.9. The first-order chi connectivity index (χ1) is 14.5. The molecule has 0 atom stereocenters. The summed E-state index contributed by atoms with van der Waals surface area (Å²) < 4.78 is 5.09. The molecule has 0 aliphatic heterocycles. The highest BCUT2D eigenvalue weighted by molar-refractivity contribution is 7.18. The molecule has 0 saturated heterocycles. The molecule has 2 heterocycles. The number of furan rings is 1. The Morgan fingerprint density at radius 1 is 1.03 bits per heavy atom. The molecule has 158 valence electrons. The van der Waals surface area contributed by atoms with Gasteiger partial charge in [0.1, 0.15) is 0 Å². The summed E-state index contributed by atoms with van der Waals surface area (Å²) in [5.41, 5.74) is 3.13. The Morgan fingerprint density at radius 3 is 2.37 bits per heavy atom. The van der Waals surface area contributed by atoms with Crippen LogP contribution in [0.5, 0.6) is 0 Å². The summed E-state index contributed by atoms with van der Waals surface area (Å²) in [4.78, 5) is 27.7. The lowest BCUT2D eigenvalue weighted by molar-refractivity contribution is 0.0953. The molecular formula is C23H27N3O3S. The average Bonchev–Trinajstić information content (AvgIpc) is 3.41. The molecular weight excluding hydrogens is 398 g/mol. The molecule has 30 heavy (non-hydrogen) atoms. The number of rotatable bonds is 9. The summed E-state index contributed by atoms with van der Waals surface area (Å²) in [7, 11) is 0. The van der Waals surface area contributed by atoms with Crippen molar-refractivity contribution < 1.29 is 14.0 Å². The SMILES string of the molecule is CCN(CC)Cc1ccc(CNC(=O)c2sc(NC(=O)c3ccco3)cc2C)cc1. The minimum Gasteiger partial charge on any atom is -0.459 e. The maximum atomic E-state index is 12.6. The lowest BCUT2D eigenvalue weighted by Gasteiger charge is -2.18. The summed E-state index contributed by atoms with van der Waals surface area (Å²) in [6, 6.07) is 13.4. The highest BCUT2D eigenvalue weighted by atomic mass is 32.1. The molecule has 7 heteroatoms. The van der Waals surface area contributed by atoms with Crippen molar-refractivity contribution in [3.05, 3.63) is 76.1 Å². The molecule has 1 aromatic carbocycles. The zero-order chi connectivity index (χ0) is 21.5. The van der Waals surface area contributed by atoms with Crippen molar-refractivity contribution in [1.29, 1.82) is 0 Å². The second kappa shape index (κ2) is 10.2. The molecule has 0 spiro atoms. The highest BCUT2D eigenvalue weighted by Gasteiger charge is 2.16. The third-order valence-electron chi connectivity index (χ3n) is 4.88. The highest BCUT2D eigenvalue weighted by Crippen LogP contribution is 2.27. The van der Waals surface area contributed by atoms with E-state index in [1.807, 2.05) is 6.92 Å². The van der Waals surface area contributed by atoms with Gasteiger partial charge in [-0.1, -0.05) is 38.1 Å². The van der Waals surface area contributed by atoms with Crippen molar-refractivity contribution in [2.75, 3.05) is 18.4 Å². The Hall–Kier alpha value is -2.90. The van der Waals surface area contributed by atoms with E-state index in [0.29, 0.717) is 16.4 Å². The summed E-state index contributed by atoms with van der Waals surface area (Å²) in [5.74, 6) is -0.252. The van der Waals surface area contributed by atoms with Gasteiger partial charge in [0.25, 0.3) is 11.8 Å². The van der Waals surface area contributed by atoms with Gasteiger partial charge in [-0.15, -0.1) is 11.3 Å². The van der Waals surface area contributed by atoms with Crippen LogP contribution in [-0.4, -0.2) is 29.8 Å². The van der Waals surface area contributed by atoms with E-state index in [2.05, 4.69) is 53.6 Å². The fourth-order valence-electron chi connectivity index (χ4n) is 3.08. The van der Waals surface area contributed by atoms with Crippen LogP contribution in [0.3, 0.4) is 0 Å². The minimum absolute atomic E-state index is 0.150. The fraction of sp³-hybridized carbons (Fsp3) is 0.304. The number of amides is 2. The number of benzene rings is 1. The molecule has 0 radical (unpaired) electrons. The van der Waals surface area contributed by atoms with E-state index < -0.39 is 0 Å². The molecule has 0 aliphatic rings. The summed E-state index contributed by atoms with van der Waals surface area (Å²) >= 11 is 1.25. The lowest BCUT2D eigenvalue weighted by atomic mass is 10.1. The zero-order valence-corrected chi connectivity index (χ0v) is 18.3. The van der Waals surface area contributed by atoms with Crippen molar-refractivity contribution in [2.24, 2.45) is 0 Å². The van der Waals surface area contributed by atoms with E-state index >= 15 is 0 Å². The zero-order valence-electron chi connectivity index (χ0n) is 17.5. The Kier molecular flexibility index (Phi) is 7.43. The number of anilines is 1. The van der Waals surface area contributed by atoms with E-state index in [0.717, 1.165) is 30.8 Å². The largest absolute Gasteiger partial charge is 0.459 e. The predicted molar refractivity (Wildman–Crippen MR) is 120 cm³/mol. The number of nitrogens with zero attached hydrogens (tertiary/aromatic N) is 1. The van der Waals surface area contributed by atoms with Crippen LogP contribution >= 0.6 is 11.3 Å². The molecule has 2 aromatic heterocycles. The number of nitrogens with one attached hydrogen (secondary N) is 2. The Morgan fingerprint density at radius 2 is 1.73 bits per heavy atom. The second-order valence-electron chi connectivity index (χ2n) is 7.01. The number of hydrogen-bond acceptors (Lipinski definition) is 5. The summed E-state index contributed by atoms with van der Waals surface area (Å²) in [6.45, 7) is 9.62. The number of carbonyl (C=O) groups excluding carboxylic acids is 2. The quantitative estimate of drug-likeness (QED) is 0.522. The van der Waals surface area contributed by atoms with Gasteiger partial charge >= 0.3 is 0 Å². The van der Waals surface area contributed by atoms with Gasteiger partial charge in [0, 0.05) is 13.1 Å². The first-order valence-corrected chi connectivity index (χ1v) is 10.9. The Balaban J connectivity index is 1.56. The van der Waals surface area contributed by atoms with E-state index in [1.54, 1.807) is 18.2 Å². The molecule has 0 bridgehead atoms. The molecule has 3 rings (SSSR count). The van der Waals surface area contributed by atoms with Gasteiger partial charge in [-0.25, -0.2) is 0 Å². The minimum atomic E-state index is -0.335. The molecule has 0 aliphatic carbocycles. The van der Waals surface area contributed by atoms with E-state index in [-0.39, 0.29) is 17.6 Å². The molecule has 0 saturated carbocycles. The maximum Gasteiger partial charge on any atom is 0.291 e. The molecule has 3 aromatic rings. The van der Waals surface area contributed by atoms with Crippen molar-refractivity contribution >= 4 is 28.2 Å². The monoisotopic (exact) mass is 425 g/mol. The summed E-state index contributed by atoms with van der Waals surface area (Å²) in [5, 5.41) is 6.34. The standard InChI is InChI=1S/C23H27N3O3S/c1-4-26(5-2)15-18-10-8-17(9-11-18)14-24-23(28)21-16(3)13-20(30-21)25-22(27)19-7-6-12-29-19/h6-13H,4-5,14-15H2,1-3H3,(H,24,28)(H,25,27). The number of carbonyl (C=O) groups is 2. The van der Waals surface area contributed by atoms with E-state index in [4.69, 9.17) is 4.42 Å². The van der Waals surface area contributed by atoms with Crippen molar-refractivity contribution in [3.63, 3.8) is 0 Å². The van der Waals surface area contributed by atoms with Crippen LogP contribution in [0.25, 0.3) is 0 Å². The number of hydrogen-bond donors (Lipinski definition) is 2. The third kappa shape index (κ3) is 5.58. The van der Waals surface area contributed by atoms with Gasteiger partial charge in [0.2, 0.25) is 0 Å². The van der Waals surface area contributed by atoms with Gasteiger partial charge in [-0.3, -0.25) is 14.5 Å². The van der Waals surface area contributed by atoms with Crippen LogP contribution < -0.4 is 10.6 Å². The maximum absolute atomic E-state index is 12.6. The van der Waals surface area contributed by atoms with Crippen LogP contribution in [0.4, 0.5) is 5.00 Å². The second-order valence-corrected chi connectivity index (χ2v) is 8.07. The van der Waals surface area contributed by atoms with Gasteiger partial charge in [0.15, 0.2) is 5.76 Å². The van der Waals surface area contributed by atoms with Crippen molar-refractivity contribution in [2.45, 2.75) is 33.9 Å². The average molecular weight is 426 g/mol. The van der Waals surface area contributed by atoms with E-state index in [1.165, 1.54) is 23.2 Å². The number of thiophene rings is 1. The molecule has 2 amide bonds. The molecule has 6 nitrogen and oxygen atoms in total. The van der Waals surface area contributed by atoms with Crippen LogP contribution in [0.2, 0.25) is 0 Å². The van der Waals surface area contributed by atoms with Gasteiger partial charge in [-0.2, -0.15) is 0 Å². The predicted octanol–water partition coefficient (Wildman–Crippen LogP) is 4.67. The van der Waals surface area contributed by atoms with Crippen LogP contribution in [-0.2, 0) is 13.1 Å². The molecule has 0 unspecified atom stereocenters. The molecule has 0 fully saturated rings. The molecule has 2 N–H and O–H groups in total. The van der Waals surface area contributed by atoms with Crippen molar-refractivity contribution in [1.82, 2.24) is 10.2 Å². The van der Waals surface area contributed by atoms with Gasteiger partial charge < -0.3 is 15.1 Å². The van der Waals surface area contributed by atoms with Gasteiger partial charge in [0.05, 0.1) is 16.1 Å². The van der Waals surface area contributed by atoms with E-state index in [9.17, 15) is 9.59 Å². The van der Waals surface area contributed by atoms with Crippen LogP contribution in [0, 0.1) is 6.92 Å². The first kappa shape index (κ1) is 21.8. The number of aryl methyl sites for hydroxylation is 1. The fourth-order valence-corrected chi connectivity index (χ4v) is 4.07.